The van der Waals surface area contributed by atoms with E-state index < -0.39 is 0 Å². The van der Waals surface area contributed by atoms with Gasteiger partial charge in [-0.3, -0.25) is 4.79 Å². The number of rotatable bonds is 11. The maximum Gasteiger partial charge on any atom is 0.280 e. The molecule has 1 aliphatic heterocycles. The zero-order valence-corrected chi connectivity index (χ0v) is 26.6. The van der Waals surface area contributed by atoms with Crippen molar-refractivity contribution in [2.45, 2.75) is 32.1 Å². The van der Waals surface area contributed by atoms with E-state index >= 15 is 0 Å². The minimum Gasteiger partial charge on any atom is -0.494 e. The zero-order valence-electron chi connectivity index (χ0n) is 25.8. The SMILES string of the molecule is Cc1ccc(SCC2=NN(c3ccccc3)C(=O)/C2=C\c2cn(-c3ccccc3)nc2-c2ccc(OCCC(C)C)cc2)cc1. The fraction of sp³-hybridized carbons (Fsp3) is 0.184. The first kappa shape index (κ1) is 30.2. The predicted molar refractivity (Wildman–Crippen MR) is 185 cm³/mol. The third-order valence-corrected chi connectivity index (χ3v) is 8.53. The normalized spacial score (nSPS) is 14.0. The second-order valence-corrected chi connectivity index (χ2v) is 12.5. The Morgan fingerprint density at radius 2 is 1.51 bits per heavy atom. The van der Waals surface area contributed by atoms with Crippen molar-refractivity contribution in [2.75, 3.05) is 17.4 Å². The highest BCUT2D eigenvalue weighted by molar-refractivity contribution is 8.00. The van der Waals surface area contributed by atoms with Crippen LogP contribution in [0.25, 0.3) is 23.0 Å². The number of hydrogen-bond donors (Lipinski definition) is 0. The number of para-hydroxylation sites is 2. The number of nitrogens with zero attached hydrogens (tertiary/aromatic N) is 4. The second-order valence-electron chi connectivity index (χ2n) is 11.4. The Bertz CT molecular complexity index is 1810. The van der Waals surface area contributed by atoms with E-state index in [1.54, 1.807) is 11.8 Å². The van der Waals surface area contributed by atoms with Crippen LogP contribution in [0.2, 0.25) is 0 Å². The Morgan fingerprint density at radius 1 is 0.844 bits per heavy atom. The molecule has 0 saturated carbocycles. The molecular formula is C38H36N4O2S. The van der Waals surface area contributed by atoms with Gasteiger partial charge in [-0.1, -0.05) is 67.9 Å². The van der Waals surface area contributed by atoms with Crippen molar-refractivity contribution in [3.05, 3.63) is 132 Å². The van der Waals surface area contributed by atoms with Crippen LogP contribution < -0.4 is 9.75 Å². The standard InChI is InChI=1S/C38H36N4O2S/c1-27(2)22-23-44-33-18-16-29(17-19-33)37-30(25-41(40-37)31-10-6-4-7-11-31)24-35-36(26-45-34-20-14-28(3)15-21-34)39-42(38(35)43)32-12-8-5-9-13-32/h4-21,24-25,27H,22-23,26H2,1-3H3/b35-24-. The molecule has 6 nitrogen and oxygen atoms in total. The summed E-state index contributed by atoms with van der Waals surface area (Å²) in [4.78, 5) is 15.1. The Balaban J connectivity index is 1.37. The van der Waals surface area contributed by atoms with Gasteiger partial charge < -0.3 is 4.74 Å². The van der Waals surface area contributed by atoms with Crippen molar-refractivity contribution in [3.8, 4) is 22.7 Å². The molecule has 4 aromatic carbocycles. The number of aromatic nitrogens is 2. The van der Waals surface area contributed by atoms with Gasteiger partial charge in [0, 0.05) is 28.0 Å². The first-order valence-corrected chi connectivity index (χ1v) is 16.2. The molecule has 226 valence electrons. The Labute approximate surface area is 269 Å². The number of benzene rings is 4. The first-order chi connectivity index (χ1) is 21.9. The summed E-state index contributed by atoms with van der Waals surface area (Å²) >= 11 is 1.67. The summed E-state index contributed by atoms with van der Waals surface area (Å²) in [6, 6.07) is 36.0. The first-order valence-electron chi connectivity index (χ1n) is 15.2. The summed E-state index contributed by atoms with van der Waals surface area (Å²) in [5, 5.41) is 11.3. The second kappa shape index (κ2) is 13.8. The fourth-order valence-corrected chi connectivity index (χ4v) is 5.79. The smallest absolute Gasteiger partial charge is 0.280 e. The fourth-order valence-electron chi connectivity index (χ4n) is 4.95. The van der Waals surface area contributed by atoms with Crippen LogP contribution in [0.15, 0.2) is 131 Å². The number of aryl methyl sites for hydroxylation is 1. The molecule has 6 rings (SSSR count). The average molecular weight is 613 g/mol. The van der Waals surface area contributed by atoms with Crippen molar-refractivity contribution in [1.82, 2.24) is 9.78 Å². The van der Waals surface area contributed by atoms with Gasteiger partial charge in [-0.15, -0.1) is 11.8 Å². The van der Waals surface area contributed by atoms with Crippen molar-refractivity contribution in [1.29, 1.82) is 0 Å². The molecule has 1 aromatic heterocycles. The van der Waals surface area contributed by atoms with Crippen LogP contribution in [0.3, 0.4) is 0 Å². The summed E-state index contributed by atoms with van der Waals surface area (Å²) in [7, 11) is 0. The van der Waals surface area contributed by atoms with Gasteiger partial charge in [0.05, 0.1) is 35.0 Å². The summed E-state index contributed by atoms with van der Waals surface area (Å²) in [5.74, 6) is 1.80. The van der Waals surface area contributed by atoms with E-state index in [-0.39, 0.29) is 5.91 Å². The molecule has 2 heterocycles. The van der Waals surface area contributed by atoms with Gasteiger partial charge in [0.2, 0.25) is 0 Å². The Kier molecular flexibility index (Phi) is 9.27. The van der Waals surface area contributed by atoms with E-state index in [0.717, 1.165) is 51.0 Å². The van der Waals surface area contributed by atoms with Crippen LogP contribution in [0.1, 0.15) is 31.4 Å². The molecule has 1 amide bonds. The number of carbonyl (C=O) groups is 1. The lowest BCUT2D eigenvalue weighted by Crippen LogP contribution is -2.21. The van der Waals surface area contributed by atoms with E-state index in [4.69, 9.17) is 14.9 Å². The van der Waals surface area contributed by atoms with E-state index in [0.29, 0.717) is 23.9 Å². The highest BCUT2D eigenvalue weighted by Gasteiger charge is 2.31. The van der Waals surface area contributed by atoms with Crippen molar-refractivity contribution < 1.29 is 9.53 Å². The molecule has 0 fully saturated rings. The van der Waals surface area contributed by atoms with Crippen molar-refractivity contribution >= 4 is 35.1 Å². The number of anilines is 1. The van der Waals surface area contributed by atoms with Gasteiger partial charge in [-0.2, -0.15) is 15.2 Å². The third-order valence-electron chi connectivity index (χ3n) is 7.51. The maximum absolute atomic E-state index is 14.0. The molecule has 5 aromatic rings. The maximum atomic E-state index is 14.0. The monoisotopic (exact) mass is 612 g/mol. The van der Waals surface area contributed by atoms with Gasteiger partial charge in [-0.25, -0.2) is 4.68 Å². The molecule has 45 heavy (non-hydrogen) atoms. The van der Waals surface area contributed by atoms with Crippen LogP contribution >= 0.6 is 11.8 Å². The highest BCUT2D eigenvalue weighted by Crippen LogP contribution is 2.32. The molecule has 0 radical (unpaired) electrons. The third kappa shape index (κ3) is 7.27. The van der Waals surface area contributed by atoms with Crippen LogP contribution in [-0.2, 0) is 4.79 Å². The van der Waals surface area contributed by atoms with Gasteiger partial charge >= 0.3 is 0 Å². The molecule has 7 heteroatoms. The van der Waals surface area contributed by atoms with E-state index in [1.807, 2.05) is 102 Å². The number of carbonyl (C=O) groups excluding carboxylic acids is 1. The number of amides is 1. The lowest BCUT2D eigenvalue weighted by molar-refractivity contribution is -0.114. The minimum atomic E-state index is -0.159. The Morgan fingerprint density at radius 3 is 2.18 bits per heavy atom. The summed E-state index contributed by atoms with van der Waals surface area (Å²) in [6.07, 6.45) is 4.92. The predicted octanol–water partition coefficient (Wildman–Crippen LogP) is 8.85. The molecule has 0 bridgehead atoms. The van der Waals surface area contributed by atoms with Crippen molar-refractivity contribution in [2.24, 2.45) is 11.0 Å². The van der Waals surface area contributed by atoms with E-state index in [2.05, 4.69) is 45.0 Å². The van der Waals surface area contributed by atoms with Crippen molar-refractivity contribution in [3.63, 3.8) is 0 Å². The topological polar surface area (TPSA) is 59.7 Å². The number of hydrazone groups is 1. The molecular weight excluding hydrogens is 577 g/mol. The van der Waals surface area contributed by atoms with Crippen LogP contribution in [0.5, 0.6) is 5.75 Å². The minimum absolute atomic E-state index is 0.159. The summed E-state index contributed by atoms with van der Waals surface area (Å²) in [5.41, 5.74) is 6.70. The molecule has 0 atom stereocenters. The molecule has 0 saturated heterocycles. The van der Waals surface area contributed by atoms with Crippen LogP contribution in [-0.4, -0.2) is 33.8 Å². The molecule has 0 spiro atoms. The number of hydrogen-bond acceptors (Lipinski definition) is 5. The van der Waals surface area contributed by atoms with Gasteiger partial charge in [0.25, 0.3) is 5.91 Å². The molecule has 0 aliphatic carbocycles. The molecule has 0 N–H and O–H groups in total. The largest absolute Gasteiger partial charge is 0.494 e. The summed E-state index contributed by atoms with van der Waals surface area (Å²) in [6.45, 7) is 7.14. The zero-order chi connectivity index (χ0) is 31.2. The quantitative estimate of drug-likeness (QED) is 0.110. The van der Waals surface area contributed by atoms with E-state index in [1.165, 1.54) is 10.6 Å². The average Bonchev–Trinajstić information content (AvgIpc) is 3.63. The summed E-state index contributed by atoms with van der Waals surface area (Å²) < 4.78 is 7.83. The number of ether oxygens (including phenoxy) is 1. The van der Waals surface area contributed by atoms with Crippen LogP contribution in [0, 0.1) is 12.8 Å². The highest BCUT2D eigenvalue weighted by atomic mass is 32.2. The van der Waals surface area contributed by atoms with Gasteiger partial charge in [-0.05, 0) is 86.0 Å². The molecule has 0 unspecified atom stereocenters. The number of thioether (sulfide) groups is 1. The van der Waals surface area contributed by atoms with Gasteiger partial charge in [0.15, 0.2) is 0 Å². The molecule has 1 aliphatic rings. The lowest BCUT2D eigenvalue weighted by atomic mass is 10.0. The lowest BCUT2D eigenvalue weighted by Gasteiger charge is -2.11. The van der Waals surface area contributed by atoms with Gasteiger partial charge in [0.1, 0.15) is 5.75 Å². The van der Waals surface area contributed by atoms with E-state index in [9.17, 15) is 4.79 Å². The van der Waals surface area contributed by atoms with Crippen LogP contribution in [0.4, 0.5) is 5.69 Å². The Hall–Kier alpha value is -4.88.